The molecule has 3 aromatic rings. The van der Waals surface area contributed by atoms with E-state index in [0.717, 1.165) is 30.4 Å². The number of nitrogens with zero attached hydrogens (tertiary/aromatic N) is 2. The Kier molecular flexibility index (Phi) is 5.99. The summed E-state index contributed by atoms with van der Waals surface area (Å²) in [4.78, 5) is 10.9. The largest absolute Gasteiger partial charge is 0.478 e. The lowest BCUT2D eigenvalue weighted by Gasteiger charge is -2.10. The zero-order valence-corrected chi connectivity index (χ0v) is 14.6. The van der Waals surface area contributed by atoms with Crippen molar-refractivity contribution in [2.75, 3.05) is 0 Å². The van der Waals surface area contributed by atoms with Crippen LogP contribution in [0.25, 0.3) is 6.08 Å². The predicted octanol–water partition coefficient (Wildman–Crippen LogP) is 4.20. The first kappa shape index (κ1) is 17.7. The van der Waals surface area contributed by atoms with E-state index in [1.54, 1.807) is 12.3 Å². The van der Waals surface area contributed by atoms with Crippen molar-refractivity contribution in [2.45, 2.75) is 25.8 Å². The molecule has 1 heterocycles. The Morgan fingerprint density at radius 1 is 1.04 bits per heavy atom. The number of benzene rings is 2. The monoisotopic (exact) mass is 346 g/mol. The third kappa shape index (κ3) is 5.18. The predicted molar refractivity (Wildman–Crippen MR) is 103 cm³/mol. The quantitative estimate of drug-likeness (QED) is 0.622. The molecule has 0 unspecified atom stereocenters. The molecule has 0 saturated heterocycles. The molecule has 0 radical (unpaired) electrons. The van der Waals surface area contributed by atoms with Gasteiger partial charge in [0.25, 0.3) is 0 Å². The first-order valence-electron chi connectivity index (χ1n) is 8.75. The Balaban J connectivity index is 1.74. The third-order valence-corrected chi connectivity index (χ3v) is 4.27. The van der Waals surface area contributed by atoms with Gasteiger partial charge in [-0.3, -0.25) is 4.68 Å². The number of carboxylic acid groups (broad SMARTS) is 1. The Bertz CT molecular complexity index is 868. The highest BCUT2D eigenvalue weighted by atomic mass is 16.4. The van der Waals surface area contributed by atoms with Crippen molar-refractivity contribution < 1.29 is 9.90 Å². The lowest BCUT2D eigenvalue weighted by Crippen LogP contribution is -2.02. The van der Waals surface area contributed by atoms with E-state index in [4.69, 9.17) is 5.11 Å². The zero-order valence-electron chi connectivity index (χ0n) is 14.6. The zero-order chi connectivity index (χ0) is 18.2. The average Bonchev–Trinajstić information content (AvgIpc) is 3.15. The van der Waals surface area contributed by atoms with E-state index < -0.39 is 5.97 Å². The lowest BCUT2D eigenvalue weighted by atomic mass is 9.97. The van der Waals surface area contributed by atoms with Crippen LogP contribution in [-0.2, 0) is 24.2 Å². The summed E-state index contributed by atoms with van der Waals surface area (Å²) >= 11 is 0. The van der Waals surface area contributed by atoms with Crippen molar-refractivity contribution in [3.8, 4) is 0 Å². The number of aromatic nitrogens is 2. The van der Waals surface area contributed by atoms with Gasteiger partial charge in [0, 0.05) is 18.5 Å². The van der Waals surface area contributed by atoms with Crippen LogP contribution >= 0.6 is 0 Å². The van der Waals surface area contributed by atoms with E-state index in [2.05, 4.69) is 35.4 Å². The molecule has 2 aromatic carbocycles. The maximum Gasteiger partial charge on any atom is 0.328 e. The smallest absolute Gasteiger partial charge is 0.328 e. The molecule has 1 N–H and O–H groups in total. The minimum atomic E-state index is -0.930. The van der Waals surface area contributed by atoms with E-state index in [1.807, 2.05) is 35.1 Å². The van der Waals surface area contributed by atoms with Crippen LogP contribution in [0.3, 0.4) is 0 Å². The van der Waals surface area contributed by atoms with Gasteiger partial charge < -0.3 is 5.11 Å². The van der Waals surface area contributed by atoms with Crippen molar-refractivity contribution in [3.63, 3.8) is 0 Å². The number of hydrogen-bond acceptors (Lipinski definition) is 2. The molecular weight excluding hydrogens is 324 g/mol. The maximum absolute atomic E-state index is 10.9. The summed E-state index contributed by atoms with van der Waals surface area (Å²) < 4.78 is 1.88. The molecule has 0 aliphatic heterocycles. The molecule has 132 valence electrons. The average molecular weight is 346 g/mol. The van der Waals surface area contributed by atoms with Crippen LogP contribution in [0.4, 0.5) is 0 Å². The highest BCUT2D eigenvalue weighted by Crippen LogP contribution is 2.18. The summed E-state index contributed by atoms with van der Waals surface area (Å²) in [6, 6.07) is 18.5. The summed E-state index contributed by atoms with van der Waals surface area (Å²) in [5, 5.41) is 13.2. The molecule has 3 rings (SSSR count). The molecule has 26 heavy (non-hydrogen) atoms. The van der Waals surface area contributed by atoms with Gasteiger partial charge in [0.15, 0.2) is 0 Å². The second-order valence-electron chi connectivity index (χ2n) is 6.25. The fourth-order valence-electron chi connectivity index (χ4n) is 3.01. The van der Waals surface area contributed by atoms with Crippen molar-refractivity contribution in [1.29, 1.82) is 0 Å². The molecular formula is C22H22N2O2. The molecule has 0 atom stereocenters. The topological polar surface area (TPSA) is 55.1 Å². The maximum atomic E-state index is 10.9. The number of aliphatic carboxylic acids is 1. The Morgan fingerprint density at radius 3 is 2.62 bits per heavy atom. The lowest BCUT2D eigenvalue weighted by molar-refractivity contribution is -0.131. The van der Waals surface area contributed by atoms with E-state index in [0.29, 0.717) is 6.54 Å². The molecule has 0 amide bonds. The number of hydrogen-bond donors (Lipinski definition) is 1. The fraction of sp³-hybridized carbons (Fsp3) is 0.182. The van der Waals surface area contributed by atoms with Gasteiger partial charge in [-0.15, -0.1) is 0 Å². The van der Waals surface area contributed by atoms with E-state index in [9.17, 15) is 4.79 Å². The van der Waals surface area contributed by atoms with Gasteiger partial charge in [0.1, 0.15) is 0 Å². The summed E-state index contributed by atoms with van der Waals surface area (Å²) in [6.07, 6.45) is 9.51. The number of carboxylic acids is 1. The van der Waals surface area contributed by atoms with Gasteiger partial charge in [-0.05, 0) is 53.7 Å². The first-order valence-corrected chi connectivity index (χ1v) is 8.75. The third-order valence-electron chi connectivity index (χ3n) is 4.27. The van der Waals surface area contributed by atoms with Gasteiger partial charge >= 0.3 is 5.97 Å². The van der Waals surface area contributed by atoms with Gasteiger partial charge in [-0.25, -0.2) is 4.79 Å². The molecule has 0 aliphatic carbocycles. The highest BCUT2D eigenvalue weighted by molar-refractivity contribution is 5.85. The fourth-order valence-corrected chi connectivity index (χ4v) is 3.01. The SMILES string of the molecule is O=C(O)C=Cc1ccc(Cn2cccn2)cc1CCCc1ccccc1. The second-order valence-corrected chi connectivity index (χ2v) is 6.25. The van der Waals surface area contributed by atoms with Crippen LogP contribution in [0, 0.1) is 0 Å². The van der Waals surface area contributed by atoms with Crippen LogP contribution in [0.1, 0.15) is 28.7 Å². The van der Waals surface area contributed by atoms with Crippen molar-refractivity contribution in [1.82, 2.24) is 9.78 Å². The molecule has 0 bridgehead atoms. The van der Waals surface area contributed by atoms with Gasteiger partial charge in [0.05, 0.1) is 6.54 Å². The number of aryl methyl sites for hydroxylation is 2. The Morgan fingerprint density at radius 2 is 1.88 bits per heavy atom. The molecule has 0 fully saturated rings. The standard InChI is InChI=1S/C22H22N2O2/c25-22(26)13-12-20-11-10-19(17-24-15-5-14-23-24)16-21(20)9-4-8-18-6-2-1-3-7-18/h1-3,5-7,10-16H,4,8-9,17H2,(H,25,26). The second kappa shape index (κ2) is 8.81. The summed E-state index contributed by atoms with van der Waals surface area (Å²) in [7, 11) is 0. The Labute approximate surface area is 153 Å². The van der Waals surface area contributed by atoms with E-state index in [-0.39, 0.29) is 0 Å². The molecule has 0 saturated carbocycles. The summed E-state index contributed by atoms with van der Waals surface area (Å²) in [5.74, 6) is -0.930. The van der Waals surface area contributed by atoms with Crippen LogP contribution in [0.15, 0.2) is 73.1 Å². The highest BCUT2D eigenvalue weighted by Gasteiger charge is 2.05. The van der Waals surface area contributed by atoms with Gasteiger partial charge in [-0.2, -0.15) is 5.10 Å². The van der Waals surface area contributed by atoms with Crippen molar-refractivity contribution in [2.24, 2.45) is 0 Å². The number of rotatable bonds is 8. The number of carbonyl (C=O) groups is 1. The summed E-state index contributed by atoms with van der Waals surface area (Å²) in [5.41, 5.74) is 4.62. The first-order chi connectivity index (χ1) is 12.7. The van der Waals surface area contributed by atoms with Crippen LogP contribution in [-0.4, -0.2) is 20.9 Å². The van der Waals surface area contributed by atoms with Crippen LogP contribution < -0.4 is 0 Å². The molecule has 4 nitrogen and oxygen atoms in total. The minimum absolute atomic E-state index is 0.710. The van der Waals surface area contributed by atoms with Crippen LogP contribution in [0.5, 0.6) is 0 Å². The summed E-state index contributed by atoms with van der Waals surface area (Å²) in [6.45, 7) is 0.710. The molecule has 0 aliphatic rings. The van der Waals surface area contributed by atoms with E-state index >= 15 is 0 Å². The Hall–Kier alpha value is -3.14. The molecule has 1 aromatic heterocycles. The van der Waals surface area contributed by atoms with Gasteiger partial charge in [0.2, 0.25) is 0 Å². The van der Waals surface area contributed by atoms with Crippen LogP contribution in [0.2, 0.25) is 0 Å². The normalized spacial score (nSPS) is 11.1. The van der Waals surface area contributed by atoms with E-state index in [1.165, 1.54) is 17.2 Å². The van der Waals surface area contributed by atoms with Crippen molar-refractivity contribution in [3.05, 3.63) is 95.3 Å². The minimum Gasteiger partial charge on any atom is -0.478 e. The van der Waals surface area contributed by atoms with Crippen molar-refractivity contribution >= 4 is 12.0 Å². The molecule has 0 spiro atoms. The molecule has 4 heteroatoms. The van der Waals surface area contributed by atoms with Gasteiger partial charge in [-0.1, -0.05) is 48.5 Å².